The molecule has 0 N–H and O–H groups in total. The fourth-order valence-electron chi connectivity index (χ4n) is 15.0. The Morgan fingerprint density at radius 1 is 0.217 bits per heavy atom. The average molecular weight is 1210 g/mol. The van der Waals surface area contributed by atoms with Gasteiger partial charge >= 0.3 is 0 Å². The molecular weight excluding hydrogens is 1140 g/mol. The molecule has 0 aliphatic rings. The fraction of sp³-hybridized carbons (Fsp3) is 0.0909. The minimum absolute atomic E-state index is 1.11. The molecule has 442 valence electrons. The van der Waals surface area contributed by atoms with Crippen LogP contribution in [0, 0.1) is 13.8 Å². The number of fused-ring (bicyclic) bond motifs is 4. The molecule has 0 spiro atoms. The minimum Gasteiger partial charge on any atom is -0.310 e. The molecule has 0 fully saturated rings. The molecule has 0 unspecified atom stereocenters. The first kappa shape index (κ1) is 56.8. The van der Waals surface area contributed by atoms with Crippen molar-refractivity contribution in [2.75, 3.05) is 9.80 Å². The van der Waals surface area contributed by atoms with E-state index in [0.717, 1.165) is 34.1 Å². The Bertz CT molecular complexity index is 5170. The van der Waals surface area contributed by atoms with Gasteiger partial charge in [0, 0.05) is 33.5 Å². The van der Waals surface area contributed by atoms with E-state index in [1.54, 1.807) is 0 Å². The van der Waals surface area contributed by atoms with Crippen LogP contribution in [0.1, 0.15) is 11.1 Å². The average Bonchev–Trinajstić information content (AvgIpc) is 0.726. The zero-order valence-electron chi connectivity index (χ0n) is 53.6. The first-order chi connectivity index (χ1) is 44.8. The molecule has 0 saturated carbocycles. The summed E-state index contributed by atoms with van der Waals surface area (Å²) in [7, 11) is -3.31. The van der Waals surface area contributed by atoms with Crippen LogP contribution in [0.4, 0.5) is 34.1 Å². The Kier molecular flexibility index (Phi) is 13.7. The van der Waals surface area contributed by atoms with E-state index in [4.69, 9.17) is 0 Å². The highest BCUT2D eigenvalue weighted by atomic mass is 28.3. The number of hydrogen-bond acceptors (Lipinski definition) is 2. The molecule has 0 aromatic heterocycles. The zero-order chi connectivity index (χ0) is 62.6. The molecule has 0 aliphatic carbocycles. The van der Waals surface area contributed by atoms with Crippen molar-refractivity contribution < 1.29 is 0 Å². The Hall–Kier alpha value is -10.4. The Morgan fingerprint density at radius 3 is 0.772 bits per heavy atom. The van der Waals surface area contributed by atoms with E-state index in [2.05, 4.69) is 354 Å². The normalized spacial score (nSPS) is 12.1. The molecule has 4 heteroatoms. The third kappa shape index (κ3) is 9.50. The maximum atomic E-state index is 2.56. The molecule has 0 saturated heterocycles. The standard InChI is InChI=1S/C88H72N2Si2/c1-57-53-81(89(63-37-43-67(44-38-63)91(3,4)5)65-41-47-75-79(55-65)85(61-29-17-11-18-30-61)73-35-23-21-33-71(73)83(75)59-25-13-9-14-26-59)77-52-50-70-58(2)54-82(78-51-49-69(57)87(77)88(70)78)90(64-39-45-68(46-40-64)92(6,7)8)66-42-48-76-80(56-66)86(62-31-19-12-20-32-62)74-36-24-22-34-72(74)84(76)60-27-15-10-16-28-60/h9-56H,1-8H3. The van der Waals surface area contributed by atoms with Crippen LogP contribution in [0.15, 0.2) is 291 Å². The lowest BCUT2D eigenvalue weighted by atomic mass is 9.85. The van der Waals surface area contributed by atoms with Crippen molar-refractivity contribution in [3.8, 4) is 44.5 Å². The van der Waals surface area contributed by atoms with Gasteiger partial charge in [-0.15, -0.1) is 0 Å². The summed E-state index contributed by atoms with van der Waals surface area (Å²) in [6, 6.07) is 110. The third-order valence-corrected chi connectivity index (χ3v) is 23.6. The van der Waals surface area contributed by atoms with E-state index in [9.17, 15) is 0 Å². The van der Waals surface area contributed by atoms with Gasteiger partial charge in [-0.3, -0.25) is 0 Å². The zero-order valence-corrected chi connectivity index (χ0v) is 55.6. The number of aryl methyl sites for hydroxylation is 2. The first-order valence-corrected chi connectivity index (χ1v) is 39.5. The molecule has 16 aromatic rings. The highest BCUT2D eigenvalue weighted by molar-refractivity contribution is 6.89. The summed E-state index contributed by atoms with van der Waals surface area (Å²) in [6.45, 7) is 19.3. The van der Waals surface area contributed by atoms with Crippen molar-refractivity contribution in [3.05, 3.63) is 302 Å². The summed E-state index contributed by atoms with van der Waals surface area (Å²) in [5.41, 5.74) is 19.1. The van der Waals surface area contributed by atoms with Crippen LogP contribution in [0.25, 0.3) is 120 Å². The van der Waals surface area contributed by atoms with Crippen molar-refractivity contribution in [2.24, 2.45) is 0 Å². The smallest absolute Gasteiger partial charge is 0.0775 e. The quantitative estimate of drug-likeness (QED) is 0.0683. The molecule has 92 heavy (non-hydrogen) atoms. The molecule has 0 aliphatic heterocycles. The van der Waals surface area contributed by atoms with Gasteiger partial charge in [0.25, 0.3) is 0 Å². The van der Waals surface area contributed by atoms with Crippen molar-refractivity contribution in [3.63, 3.8) is 0 Å². The van der Waals surface area contributed by atoms with E-state index in [-0.39, 0.29) is 0 Å². The molecule has 0 heterocycles. The van der Waals surface area contributed by atoms with Crippen LogP contribution in [0.5, 0.6) is 0 Å². The van der Waals surface area contributed by atoms with Gasteiger partial charge < -0.3 is 9.80 Å². The summed E-state index contributed by atoms with van der Waals surface area (Å²) in [5.74, 6) is 0. The lowest BCUT2D eigenvalue weighted by molar-refractivity contribution is 1.29. The highest BCUT2D eigenvalue weighted by Crippen LogP contribution is 2.53. The van der Waals surface area contributed by atoms with Crippen LogP contribution in [-0.2, 0) is 0 Å². The first-order valence-electron chi connectivity index (χ1n) is 32.5. The monoisotopic (exact) mass is 1210 g/mol. The Balaban J connectivity index is 0.970. The lowest BCUT2D eigenvalue weighted by Gasteiger charge is -2.31. The molecule has 0 atom stereocenters. The summed E-state index contributed by atoms with van der Waals surface area (Å²) in [4.78, 5) is 5.12. The van der Waals surface area contributed by atoms with Crippen LogP contribution >= 0.6 is 0 Å². The SMILES string of the molecule is Cc1cc(N(c2ccc([Si](C)(C)C)cc2)c2ccc3c(-c4ccccc4)c4ccccc4c(-c4ccccc4)c3c2)c2ccc3c(C)cc(N(c4ccc([Si](C)(C)C)cc4)c4ccc5c(-c6ccccc6)c6ccccc6c(-c6ccccc6)c5c4)c4ccc1c2c34. The van der Waals surface area contributed by atoms with Crippen LogP contribution in [0.3, 0.4) is 0 Å². The summed E-state index contributed by atoms with van der Waals surface area (Å²) in [6.07, 6.45) is 0. The van der Waals surface area contributed by atoms with Crippen LogP contribution in [-0.4, -0.2) is 16.1 Å². The van der Waals surface area contributed by atoms with Gasteiger partial charge in [-0.1, -0.05) is 280 Å². The summed E-state index contributed by atoms with van der Waals surface area (Å²) >= 11 is 0. The second-order valence-electron chi connectivity index (χ2n) is 27.3. The van der Waals surface area contributed by atoms with E-state index in [1.807, 2.05) is 0 Å². The Labute approximate surface area is 542 Å². The molecule has 16 rings (SSSR count). The second kappa shape index (κ2) is 22.2. The third-order valence-electron chi connectivity index (χ3n) is 19.5. The lowest BCUT2D eigenvalue weighted by Crippen LogP contribution is -2.37. The maximum Gasteiger partial charge on any atom is 0.0775 e. The van der Waals surface area contributed by atoms with E-state index < -0.39 is 16.1 Å². The predicted octanol–water partition coefficient (Wildman–Crippen LogP) is 24.5. The number of benzene rings is 16. The van der Waals surface area contributed by atoms with Gasteiger partial charge in [-0.05, 0) is 195 Å². The van der Waals surface area contributed by atoms with Crippen LogP contribution in [0.2, 0.25) is 39.3 Å². The van der Waals surface area contributed by atoms with Crippen molar-refractivity contribution >= 4 is 136 Å². The van der Waals surface area contributed by atoms with Crippen molar-refractivity contribution in [1.29, 1.82) is 0 Å². The fourth-order valence-corrected chi connectivity index (χ4v) is 17.4. The van der Waals surface area contributed by atoms with Gasteiger partial charge in [-0.2, -0.15) is 0 Å². The minimum atomic E-state index is -1.65. The van der Waals surface area contributed by atoms with Gasteiger partial charge in [0.2, 0.25) is 0 Å². The summed E-state index contributed by atoms with van der Waals surface area (Å²) in [5, 5.41) is 20.3. The van der Waals surface area contributed by atoms with Gasteiger partial charge in [0.15, 0.2) is 0 Å². The Morgan fingerprint density at radius 2 is 0.467 bits per heavy atom. The van der Waals surface area contributed by atoms with Gasteiger partial charge in [0.1, 0.15) is 0 Å². The maximum absolute atomic E-state index is 2.56. The molecule has 16 aromatic carbocycles. The van der Waals surface area contributed by atoms with Gasteiger partial charge in [-0.25, -0.2) is 0 Å². The molecule has 0 amide bonds. The van der Waals surface area contributed by atoms with E-state index in [0.29, 0.717) is 0 Å². The van der Waals surface area contributed by atoms with Crippen LogP contribution < -0.4 is 20.2 Å². The van der Waals surface area contributed by atoms with Gasteiger partial charge in [0.05, 0.1) is 27.5 Å². The number of rotatable bonds is 12. The van der Waals surface area contributed by atoms with E-state index in [1.165, 1.54) is 141 Å². The molecule has 2 nitrogen and oxygen atoms in total. The topological polar surface area (TPSA) is 6.48 Å². The van der Waals surface area contributed by atoms with Crippen molar-refractivity contribution in [2.45, 2.75) is 53.1 Å². The number of hydrogen-bond donors (Lipinski definition) is 0. The second-order valence-corrected chi connectivity index (χ2v) is 37.4. The predicted molar refractivity (Wildman–Crippen MR) is 407 cm³/mol. The largest absolute Gasteiger partial charge is 0.310 e. The van der Waals surface area contributed by atoms with E-state index >= 15 is 0 Å². The summed E-state index contributed by atoms with van der Waals surface area (Å²) < 4.78 is 0. The number of nitrogens with zero attached hydrogens (tertiary/aromatic N) is 2. The molecular formula is C88H72N2Si2. The van der Waals surface area contributed by atoms with Crippen molar-refractivity contribution in [1.82, 2.24) is 0 Å². The number of anilines is 6. The molecule has 0 radical (unpaired) electrons. The molecule has 0 bridgehead atoms. The highest BCUT2D eigenvalue weighted by Gasteiger charge is 2.28.